The average Bonchev–Trinajstić information content (AvgIpc) is 3.07. The van der Waals surface area contributed by atoms with Crippen molar-refractivity contribution in [1.29, 1.82) is 0 Å². The number of imidazole rings is 1. The first-order valence-electron chi connectivity index (χ1n) is 6.73. The fourth-order valence-electron chi connectivity index (χ4n) is 2.13. The summed E-state index contributed by atoms with van der Waals surface area (Å²) in [5.41, 5.74) is 1.66. The Bertz CT molecular complexity index is 820. The minimum Gasteiger partial charge on any atom is -0.478 e. The van der Waals surface area contributed by atoms with E-state index < -0.39 is 5.97 Å². The van der Waals surface area contributed by atoms with Crippen LogP contribution in [0.3, 0.4) is 0 Å². The Kier molecular flexibility index (Phi) is 3.93. The van der Waals surface area contributed by atoms with Crippen molar-refractivity contribution in [2.24, 2.45) is 0 Å². The van der Waals surface area contributed by atoms with Gasteiger partial charge in [-0.15, -0.1) is 11.3 Å². The molecule has 22 heavy (non-hydrogen) atoms. The second-order valence-corrected chi connectivity index (χ2v) is 5.57. The van der Waals surface area contributed by atoms with Crippen molar-refractivity contribution < 1.29 is 14.6 Å². The summed E-state index contributed by atoms with van der Waals surface area (Å²) in [5, 5.41) is 10.7. The first kappa shape index (κ1) is 14.3. The predicted molar refractivity (Wildman–Crippen MR) is 85.2 cm³/mol. The predicted octanol–water partition coefficient (Wildman–Crippen LogP) is 3.63. The number of aliphatic carboxylic acids is 1. The highest BCUT2D eigenvalue weighted by Crippen LogP contribution is 2.28. The lowest BCUT2D eigenvalue weighted by atomic mass is 10.1. The highest BCUT2D eigenvalue weighted by atomic mass is 32.1. The zero-order valence-corrected chi connectivity index (χ0v) is 12.7. The summed E-state index contributed by atoms with van der Waals surface area (Å²) in [6, 6.07) is 9.81. The van der Waals surface area contributed by atoms with Crippen LogP contribution in [-0.2, 0) is 4.79 Å². The zero-order chi connectivity index (χ0) is 15.5. The molecule has 0 radical (unpaired) electrons. The Hall–Kier alpha value is -2.60. The van der Waals surface area contributed by atoms with E-state index in [2.05, 4.69) is 4.98 Å². The van der Waals surface area contributed by atoms with E-state index in [0.717, 1.165) is 16.6 Å². The van der Waals surface area contributed by atoms with Crippen LogP contribution in [0.4, 0.5) is 0 Å². The maximum Gasteiger partial charge on any atom is 0.328 e. The van der Waals surface area contributed by atoms with Gasteiger partial charge in [-0.1, -0.05) is 30.3 Å². The summed E-state index contributed by atoms with van der Waals surface area (Å²) >= 11 is 1.47. The molecule has 1 unspecified atom stereocenters. The molecule has 1 atom stereocenters. The van der Waals surface area contributed by atoms with Crippen molar-refractivity contribution in [2.75, 3.05) is 0 Å². The lowest BCUT2D eigenvalue weighted by Crippen LogP contribution is -2.04. The number of carboxylic acids is 1. The standard InChI is InChI=1S/C16H14N2O3S/c1-11(12-5-3-2-4-6-12)21-15-13(7-8-14(19)20)18-9-10-22-16(18)17-15/h2-11H,1H3,(H,19,20)/b8-7+. The molecule has 0 aliphatic carbocycles. The topological polar surface area (TPSA) is 63.8 Å². The van der Waals surface area contributed by atoms with Crippen LogP contribution in [0.2, 0.25) is 0 Å². The lowest BCUT2D eigenvalue weighted by Gasteiger charge is -2.13. The van der Waals surface area contributed by atoms with E-state index in [0.29, 0.717) is 11.6 Å². The molecule has 3 aromatic rings. The number of rotatable bonds is 5. The molecule has 0 bridgehead atoms. The molecule has 0 fully saturated rings. The molecule has 0 amide bonds. The number of benzene rings is 1. The maximum atomic E-state index is 10.8. The third-order valence-electron chi connectivity index (χ3n) is 3.21. The van der Waals surface area contributed by atoms with Gasteiger partial charge in [0.05, 0.1) is 0 Å². The van der Waals surface area contributed by atoms with Gasteiger partial charge in [-0.3, -0.25) is 4.40 Å². The second kappa shape index (κ2) is 6.03. The monoisotopic (exact) mass is 314 g/mol. The van der Waals surface area contributed by atoms with Gasteiger partial charge in [0.25, 0.3) is 0 Å². The minimum atomic E-state index is -1.01. The number of fused-ring (bicyclic) bond motifs is 1. The fraction of sp³-hybridized carbons (Fsp3) is 0.125. The van der Waals surface area contributed by atoms with Crippen molar-refractivity contribution in [3.05, 3.63) is 59.2 Å². The van der Waals surface area contributed by atoms with Gasteiger partial charge < -0.3 is 9.84 Å². The van der Waals surface area contributed by atoms with Gasteiger partial charge in [0.2, 0.25) is 5.88 Å². The molecule has 0 saturated carbocycles. The van der Waals surface area contributed by atoms with Crippen molar-refractivity contribution in [1.82, 2.24) is 9.38 Å². The van der Waals surface area contributed by atoms with Crippen LogP contribution in [0.1, 0.15) is 24.3 Å². The molecule has 112 valence electrons. The molecule has 1 N–H and O–H groups in total. The normalized spacial score (nSPS) is 12.8. The third-order valence-corrected chi connectivity index (χ3v) is 3.96. The number of nitrogens with zero attached hydrogens (tertiary/aromatic N) is 2. The Morgan fingerprint density at radius 3 is 2.91 bits per heavy atom. The van der Waals surface area contributed by atoms with E-state index in [1.807, 2.05) is 53.2 Å². The number of carboxylic acid groups (broad SMARTS) is 1. The van der Waals surface area contributed by atoms with Gasteiger partial charge in [0, 0.05) is 17.7 Å². The summed E-state index contributed by atoms with van der Waals surface area (Å²) in [5.74, 6) is -0.576. The summed E-state index contributed by atoms with van der Waals surface area (Å²) < 4.78 is 7.75. The number of ether oxygens (including phenoxy) is 1. The SMILES string of the molecule is CC(Oc1nc2sccn2c1/C=C/C(=O)O)c1ccccc1. The van der Waals surface area contributed by atoms with Crippen LogP contribution in [-0.4, -0.2) is 20.5 Å². The van der Waals surface area contributed by atoms with Crippen molar-refractivity contribution in [3.8, 4) is 5.88 Å². The van der Waals surface area contributed by atoms with Gasteiger partial charge >= 0.3 is 5.97 Å². The number of carbonyl (C=O) groups is 1. The molecular weight excluding hydrogens is 300 g/mol. The van der Waals surface area contributed by atoms with Gasteiger partial charge in [-0.05, 0) is 18.6 Å². The van der Waals surface area contributed by atoms with E-state index in [1.54, 1.807) is 0 Å². The first-order valence-corrected chi connectivity index (χ1v) is 7.61. The third kappa shape index (κ3) is 2.87. The number of thiazole rings is 1. The molecule has 2 heterocycles. The van der Waals surface area contributed by atoms with E-state index in [1.165, 1.54) is 17.4 Å². The number of hydrogen-bond acceptors (Lipinski definition) is 4. The molecular formula is C16H14N2O3S. The van der Waals surface area contributed by atoms with Crippen LogP contribution < -0.4 is 4.74 Å². The second-order valence-electron chi connectivity index (χ2n) is 4.70. The average molecular weight is 314 g/mol. The van der Waals surface area contributed by atoms with E-state index >= 15 is 0 Å². The van der Waals surface area contributed by atoms with Crippen LogP contribution in [0.25, 0.3) is 11.0 Å². The lowest BCUT2D eigenvalue weighted by molar-refractivity contribution is -0.131. The number of hydrogen-bond donors (Lipinski definition) is 1. The van der Waals surface area contributed by atoms with Gasteiger partial charge in [-0.25, -0.2) is 4.79 Å². The molecule has 0 aliphatic heterocycles. The van der Waals surface area contributed by atoms with Gasteiger partial charge in [-0.2, -0.15) is 4.98 Å². The molecule has 0 aliphatic rings. The van der Waals surface area contributed by atoms with Crippen LogP contribution in [0, 0.1) is 0 Å². The highest BCUT2D eigenvalue weighted by molar-refractivity contribution is 7.15. The molecule has 3 rings (SSSR count). The number of aromatic nitrogens is 2. The highest BCUT2D eigenvalue weighted by Gasteiger charge is 2.16. The summed E-state index contributed by atoms with van der Waals surface area (Å²) in [4.78, 5) is 16.0. The van der Waals surface area contributed by atoms with Gasteiger partial charge in [0.1, 0.15) is 11.8 Å². The Morgan fingerprint density at radius 1 is 1.41 bits per heavy atom. The summed E-state index contributed by atoms with van der Waals surface area (Å²) in [6.45, 7) is 1.94. The maximum absolute atomic E-state index is 10.8. The van der Waals surface area contributed by atoms with Crippen LogP contribution >= 0.6 is 11.3 Å². The minimum absolute atomic E-state index is 0.178. The zero-order valence-electron chi connectivity index (χ0n) is 11.8. The Morgan fingerprint density at radius 2 is 2.18 bits per heavy atom. The fourth-order valence-corrected chi connectivity index (χ4v) is 2.84. The van der Waals surface area contributed by atoms with Crippen molar-refractivity contribution >= 4 is 28.3 Å². The molecule has 2 aromatic heterocycles. The van der Waals surface area contributed by atoms with Crippen molar-refractivity contribution in [2.45, 2.75) is 13.0 Å². The van der Waals surface area contributed by atoms with E-state index in [9.17, 15) is 4.79 Å². The Balaban J connectivity index is 1.94. The smallest absolute Gasteiger partial charge is 0.328 e. The largest absolute Gasteiger partial charge is 0.478 e. The quantitative estimate of drug-likeness (QED) is 0.730. The summed E-state index contributed by atoms with van der Waals surface area (Å²) in [6.07, 6.45) is 4.25. The van der Waals surface area contributed by atoms with Crippen LogP contribution in [0.15, 0.2) is 48.0 Å². The van der Waals surface area contributed by atoms with Crippen molar-refractivity contribution in [3.63, 3.8) is 0 Å². The molecule has 5 nitrogen and oxygen atoms in total. The van der Waals surface area contributed by atoms with Gasteiger partial charge in [0.15, 0.2) is 4.96 Å². The summed E-state index contributed by atoms with van der Waals surface area (Å²) in [7, 11) is 0. The first-order chi connectivity index (χ1) is 10.6. The molecule has 0 spiro atoms. The Labute approximate surface area is 131 Å². The van der Waals surface area contributed by atoms with Crippen LogP contribution in [0.5, 0.6) is 5.88 Å². The molecule has 0 saturated heterocycles. The molecule has 6 heteroatoms. The van der Waals surface area contributed by atoms with E-state index in [4.69, 9.17) is 9.84 Å². The molecule has 1 aromatic carbocycles. The van der Waals surface area contributed by atoms with E-state index in [-0.39, 0.29) is 6.10 Å².